The molecule has 0 bridgehead atoms. The van der Waals surface area contributed by atoms with E-state index in [9.17, 15) is 17.6 Å². The van der Waals surface area contributed by atoms with E-state index in [1.54, 1.807) is 6.92 Å². The first-order valence-corrected chi connectivity index (χ1v) is 8.90. The summed E-state index contributed by atoms with van der Waals surface area (Å²) in [5.41, 5.74) is 0. The normalized spacial score (nSPS) is 16.0. The lowest BCUT2D eigenvalue weighted by atomic mass is 9.98. The maximum absolute atomic E-state index is 12.6. The van der Waals surface area contributed by atoms with Gasteiger partial charge in [0.25, 0.3) is 0 Å². The Balaban J connectivity index is 3.87. The zero-order valence-electron chi connectivity index (χ0n) is 12.0. The topological polar surface area (TPSA) is 84.8 Å². The fourth-order valence-electron chi connectivity index (χ4n) is 1.92. The summed E-state index contributed by atoms with van der Waals surface area (Å²) < 4.78 is 50.3. The van der Waals surface area contributed by atoms with Crippen molar-refractivity contribution in [2.24, 2.45) is 5.92 Å². The van der Waals surface area contributed by atoms with Crippen molar-refractivity contribution < 1.29 is 31.9 Å². The second-order valence-corrected chi connectivity index (χ2v) is 6.95. The summed E-state index contributed by atoms with van der Waals surface area (Å²) in [6.07, 6.45) is -4.04. The summed E-state index contributed by atoms with van der Waals surface area (Å²) in [5.74, 6) is -2.01. The molecule has 2 unspecified atom stereocenters. The average molecular weight is 336 g/mol. The highest BCUT2D eigenvalue weighted by molar-refractivity contribution is 6.56. The molecule has 5 N–H and O–H groups in total. The van der Waals surface area contributed by atoms with Gasteiger partial charge in [0.05, 0.1) is 5.92 Å². The van der Waals surface area contributed by atoms with Crippen molar-refractivity contribution in [3.05, 3.63) is 0 Å². The molecule has 128 valence electrons. The third-order valence-electron chi connectivity index (χ3n) is 3.09. The Morgan fingerprint density at radius 3 is 2.14 bits per heavy atom. The van der Waals surface area contributed by atoms with Crippen LogP contribution in [0.4, 0.5) is 17.6 Å². The molecule has 0 aliphatic rings. The molecule has 0 amide bonds. The van der Waals surface area contributed by atoms with E-state index >= 15 is 0 Å². The van der Waals surface area contributed by atoms with Crippen LogP contribution in [-0.2, 0) is 0 Å². The maximum atomic E-state index is 12.6. The van der Waals surface area contributed by atoms with Crippen LogP contribution in [0.15, 0.2) is 0 Å². The molecule has 0 radical (unpaired) electrons. The minimum Gasteiger partial charge on any atom is -0.390 e. The standard InChI is InChI=1S/C11H24F4N2O3Si/c1-2-10(9(8-12)11(13,14)15)17-6-5-16-4-3-7-21(18,19)20/h9-10,16-20H,2-8H2,1H3. The van der Waals surface area contributed by atoms with E-state index in [-0.39, 0.29) is 19.0 Å². The Kier molecular flexibility index (Phi) is 9.57. The van der Waals surface area contributed by atoms with E-state index < -0.39 is 33.6 Å². The van der Waals surface area contributed by atoms with Gasteiger partial charge < -0.3 is 25.0 Å². The number of rotatable bonds is 11. The first kappa shape index (κ1) is 20.7. The Labute approximate surface area is 122 Å². The predicted molar refractivity (Wildman–Crippen MR) is 72.3 cm³/mol. The minimum absolute atomic E-state index is 0.0942. The van der Waals surface area contributed by atoms with Gasteiger partial charge in [-0.05, 0) is 19.4 Å². The smallest absolute Gasteiger partial charge is 0.390 e. The second-order valence-electron chi connectivity index (χ2n) is 4.90. The van der Waals surface area contributed by atoms with E-state index in [4.69, 9.17) is 14.4 Å². The van der Waals surface area contributed by atoms with Crippen molar-refractivity contribution in [1.29, 1.82) is 0 Å². The molecular weight excluding hydrogens is 312 g/mol. The van der Waals surface area contributed by atoms with Crippen LogP contribution in [0.25, 0.3) is 0 Å². The van der Waals surface area contributed by atoms with Crippen molar-refractivity contribution in [1.82, 2.24) is 10.6 Å². The molecule has 10 heteroatoms. The molecule has 0 aromatic carbocycles. The molecule has 0 spiro atoms. The van der Waals surface area contributed by atoms with Gasteiger partial charge in [0.2, 0.25) is 0 Å². The Bertz CT molecular complexity index is 277. The fraction of sp³-hybridized carbons (Fsp3) is 1.00. The number of hydrogen-bond donors (Lipinski definition) is 5. The van der Waals surface area contributed by atoms with Crippen LogP contribution in [0.2, 0.25) is 6.04 Å². The molecule has 0 saturated heterocycles. The van der Waals surface area contributed by atoms with Gasteiger partial charge in [-0.1, -0.05) is 6.92 Å². The Morgan fingerprint density at radius 1 is 1.10 bits per heavy atom. The quantitative estimate of drug-likeness (QED) is 0.214. The molecule has 0 aliphatic heterocycles. The van der Waals surface area contributed by atoms with Gasteiger partial charge in [-0.25, -0.2) is 0 Å². The van der Waals surface area contributed by atoms with Crippen LogP contribution in [0.5, 0.6) is 0 Å². The van der Waals surface area contributed by atoms with Crippen LogP contribution < -0.4 is 10.6 Å². The molecule has 21 heavy (non-hydrogen) atoms. The van der Waals surface area contributed by atoms with E-state index in [1.807, 2.05) is 0 Å². The molecule has 0 heterocycles. The highest BCUT2D eigenvalue weighted by Gasteiger charge is 2.43. The first-order chi connectivity index (χ1) is 9.61. The monoisotopic (exact) mass is 336 g/mol. The van der Waals surface area contributed by atoms with Crippen LogP contribution in [0.3, 0.4) is 0 Å². The fourth-order valence-corrected chi connectivity index (χ4v) is 2.57. The highest BCUT2D eigenvalue weighted by atomic mass is 28.4. The van der Waals surface area contributed by atoms with Gasteiger partial charge in [0.15, 0.2) is 0 Å². The number of nitrogens with one attached hydrogen (secondary N) is 2. The lowest BCUT2D eigenvalue weighted by molar-refractivity contribution is -0.186. The van der Waals surface area contributed by atoms with Crippen molar-refractivity contribution >= 4 is 8.80 Å². The van der Waals surface area contributed by atoms with E-state index in [1.165, 1.54) is 0 Å². The molecule has 0 fully saturated rings. The van der Waals surface area contributed by atoms with Crippen molar-refractivity contribution in [3.8, 4) is 0 Å². The summed E-state index contributed by atoms with van der Waals surface area (Å²) in [7, 11) is -4.01. The van der Waals surface area contributed by atoms with E-state index in [2.05, 4.69) is 10.6 Å². The van der Waals surface area contributed by atoms with Gasteiger partial charge in [-0.15, -0.1) is 0 Å². The largest absolute Gasteiger partial charge is 0.492 e. The zero-order chi connectivity index (χ0) is 16.5. The van der Waals surface area contributed by atoms with Crippen LogP contribution >= 0.6 is 0 Å². The van der Waals surface area contributed by atoms with Crippen molar-refractivity contribution in [2.45, 2.75) is 38.0 Å². The highest BCUT2D eigenvalue weighted by Crippen LogP contribution is 2.30. The maximum Gasteiger partial charge on any atom is 0.492 e. The van der Waals surface area contributed by atoms with Crippen molar-refractivity contribution in [2.75, 3.05) is 26.3 Å². The van der Waals surface area contributed by atoms with Crippen LogP contribution in [-0.4, -0.2) is 61.7 Å². The Morgan fingerprint density at radius 2 is 1.71 bits per heavy atom. The summed E-state index contributed by atoms with van der Waals surface area (Å²) >= 11 is 0. The molecule has 0 aliphatic carbocycles. The zero-order valence-corrected chi connectivity index (χ0v) is 13.0. The molecule has 0 aromatic heterocycles. The van der Waals surface area contributed by atoms with Gasteiger partial charge in [-0.3, -0.25) is 4.39 Å². The van der Waals surface area contributed by atoms with Gasteiger partial charge in [0.1, 0.15) is 6.67 Å². The molecule has 5 nitrogen and oxygen atoms in total. The van der Waals surface area contributed by atoms with Crippen LogP contribution in [0.1, 0.15) is 19.8 Å². The number of hydrogen-bond acceptors (Lipinski definition) is 5. The molecular formula is C11H24F4N2O3Si. The first-order valence-electron chi connectivity index (χ1n) is 6.85. The molecule has 0 saturated carbocycles. The van der Waals surface area contributed by atoms with Crippen molar-refractivity contribution in [3.63, 3.8) is 0 Å². The third kappa shape index (κ3) is 10.1. The average Bonchev–Trinajstić information content (AvgIpc) is 2.33. The van der Waals surface area contributed by atoms with E-state index in [0.29, 0.717) is 19.5 Å². The SMILES string of the molecule is CCC(NCCNCCC[Si](O)(O)O)C(CF)C(F)(F)F. The molecule has 0 rings (SSSR count). The molecule has 2 atom stereocenters. The number of alkyl halides is 4. The number of halogens is 4. The van der Waals surface area contributed by atoms with E-state index in [0.717, 1.165) is 0 Å². The molecule has 0 aromatic rings. The summed E-state index contributed by atoms with van der Waals surface area (Å²) in [6, 6.07) is -1.06. The summed E-state index contributed by atoms with van der Waals surface area (Å²) in [6.45, 7) is 1.13. The Hall–Kier alpha value is -0.263. The third-order valence-corrected chi connectivity index (χ3v) is 4.11. The lowest BCUT2D eigenvalue weighted by Crippen LogP contribution is -2.46. The van der Waals surface area contributed by atoms with Gasteiger partial charge in [0, 0.05) is 25.2 Å². The summed E-state index contributed by atoms with van der Waals surface area (Å²) in [4.78, 5) is 26.3. The van der Waals surface area contributed by atoms with Gasteiger partial charge >= 0.3 is 15.0 Å². The summed E-state index contributed by atoms with van der Waals surface area (Å²) in [5, 5.41) is 5.56. The lowest BCUT2D eigenvalue weighted by Gasteiger charge is -2.27. The predicted octanol–water partition coefficient (Wildman–Crippen LogP) is 0.398. The van der Waals surface area contributed by atoms with Crippen LogP contribution in [0, 0.1) is 5.92 Å². The minimum atomic E-state index is -4.56. The van der Waals surface area contributed by atoms with Gasteiger partial charge in [-0.2, -0.15) is 13.2 Å². The second kappa shape index (κ2) is 9.69.